The van der Waals surface area contributed by atoms with Crippen LogP contribution in [-0.2, 0) is 0 Å². The minimum absolute atomic E-state index is 0.286. The van der Waals surface area contributed by atoms with E-state index in [2.05, 4.69) is 24.9 Å². The van der Waals surface area contributed by atoms with E-state index in [4.69, 9.17) is 39.8 Å². The van der Waals surface area contributed by atoms with Crippen LogP contribution in [0.3, 0.4) is 0 Å². The summed E-state index contributed by atoms with van der Waals surface area (Å²) in [7, 11) is 0. The minimum atomic E-state index is -0.286. The van der Waals surface area contributed by atoms with Gasteiger partial charge in [0.25, 0.3) is 0 Å². The Labute approximate surface area is 276 Å². The molecule has 0 amide bonds. The van der Waals surface area contributed by atoms with Crippen LogP contribution in [0.4, 0.5) is 4.39 Å². The molecule has 46 heavy (non-hydrogen) atoms. The van der Waals surface area contributed by atoms with E-state index < -0.39 is 0 Å². The van der Waals surface area contributed by atoms with Crippen molar-refractivity contribution in [3.8, 4) is 34.2 Å². The molecule has 0 unspecified atom stereocenters. The fourth-order valence-corrected chi connectivity index (χ4v) is 5.30. The Morgan fingerprint density at radius 2 is 0.957 bits per heavy atom. The number of fused-ring (bicyclic) bond motifs is 2. The van der Waals surface area contributed by atoms with Crippen molar-refractivity contribution in [1.82, 2.24) is 39.0 Å². The van der Waals surface area contributed by atoms with E-state index in [0.717, 1.165) is 50.4 Å². The van der Waals surface area contributed by atoms with Crippen LogP contribution in [0, 0.1) is 5.82 Å². The molecule has 0 aliphatic heterocycles. The molecule has 8 nitrogen and oxygen atoms in total. The summed E-state index contributed by atoms with van der Waals surface area (Å²) in [6.45, 7) is 0. The molecule has 0 aliphatic carbocycles. The first-order valence-electron chi connectivity index (χ1n) is 13.9. The number of hydrogen-bond donors (Lipinski definition) is 0. The SMILES string of the molecule is Clc1ccc(-n2c(-c3ccc(Cl)nc3)nc3ccncc32)cc1.Fc1ccc(-n2c(-c3ccc(Cl)nc3)nc3ccncc32)cc1. The third-order valence-corrected chi connectivity index (χ3v) is 7.75. The Kier molecular flexibility index (Phi) is 8.11. The Bertz CT molecular complexity index is 2120. The molecule has 0 bridgehead atoms. The van der Waals surface area contributed by atoms with E-state index >= 15 is 0 Å². The molecule has 0 atom stereocenters. The molecule has 2 aromatic carbocycles. The minimum Gasteiger partial charge on any atom is -0.291 e. The van der Waals surface area contributed by atoms with Gasteiger partial charge in [-0.15, -0.1) is 0 Å². The van der Waals surface area contributed by atoms with Crippen LogP contribution in [-0.4, -0.2) is 39.0 Å². The highest BCUT2D eigenvalue weighted by molar-refractivity contribution is 6.30. The van der Waals surface area contributed by atoms with Gasteiger partial charge in [0.1, 0.15) is 27.8 Å². The average Bonchev–Trinajstić information content (AvgIpc) is 3.66. The van der Waals surface area contributed by atoms with Crippen LogP contribution in [0.5, 0.6) is 0 Å². The highest BCUT2D eigenvalue weighted by Crippen LogP contribution is 2.30. The summed E-state index contributed by atoms with van der Waals surface area (Å²) in [5.41, 5.74) is 6.86. The maximum atomic E-state index is 13.2. The Balaban J connectivity index is 0.000000147. The smallest absolute Gasteiger partial charge is 0.147 e. The van der Waals surface area contributed by atoms with Crippen LogP contribution in [0.1, 0.15) is 0 Å². The van der Waals surface area contributed by atoms with Gasteiger partial charge in [0.05, 0.1) is 34.5 Å². The highest BCUT2D eigenvalue weighted by Gasteiger charge is 2.16. The molecule has 0 saturated heterocycles. The summed E-state index contributed by atoms with van der Waals surface area (Å²) in [6.07, 6.45) is 10.3. The van der Waals surface area contributed by atoms with Crippen LogP contribution >= 0.6 is 34.8 Å². The van der Waals surface area contributed by atoms with Gasteiger partial charge in [-0.2, -0.15) is 0 Å². The van der Waals surface area contributed by atoms with Crippen molar-refractivity contribution in [3.63, 3.8) is 0 Å². The molecule has 12 heteroatoms. The van der Waals surface area contributed by atoms with E-state index in [1.165, 1.54) is 12.1 Å². The maximum Gasteiger partial charge on any atom is 0.147 e. The highest BCUT2D eigenvalue weighted by atomic mass is 35.5. The number of rotatable bonds is 4. The average molecular weight is 666 g/mol. The molecule has 6 aromatic heterocycles. The topological polar surface area (TPSA) is 87.2 Å². The van der Waals surface area contributed by atoms with Gasteiger partial charge in [-0.25, -0.2) is 24.3 Å². The lowest BCUT2D eigenvalue weighted by Crippen LogP contribution is -1.98. The number of halogens is 4. The van der Waals surface area contributed by atoms with Crippen molar-refractivity contribution < 1.29 is 4.39 Å². The van der Waals surface area contributed by atoms with Crippen LogP contribution in [0.2, 0.25) is 15.3 Å². The van der Waals surface area contributed by atoms with Gasteiger partial charge in [0.15, 0.2) is 0 Å². The molecule has 0 aliphatic rings. The third kappa shape index (κ3) is 5.91. The molecular formula is C34H20Cl3FN8. The predicted molar refractivity (Wildman–Crippen MR) is 179 cm³/mol. The van der Waals surface area contributed by atoms with E-state index in [9.17, 15) is 4.39 Å². The normalized spacial score (nSPS) is 11.0. The molecule has 0 fully saturated rings. The molecule has 8 rings (SSSR count). The Hall–Kier alpha value is -5.22. The summed E-state index contributed by atoms with van der Waals surface area (Å²) in [5.74, 6) is 1.19. The van der Waals surface area contributed by atoms with Gasteiger partial charge in [-0.1, -0.05) is 34.8 Å². The molecule has 0 radical (unpaired) electrons. The quantitative estimate of drug-likeness (QED) is 0.174. The van der Waals surface area contributed by atoms with Gasteiger partial charge >= 0.3 is 0 Å². The lowest BCUT2D eigenvalue weighted by Gasteiger charge is -2.09. The maximum absolute atomic E-state index is 13.2. The van der Waals surface area contributed by atoms with Gasteiger partial charge in [-0.05, 0) is 84.9 Å². The third-order valence-electron chi connectivity index (χ3n) is 7.05. The standard InChI is InChI=1S/C17H10Cl2N4.C17H10ClFN4/c18-12-2-4-13(5-3-12)23-15-10-20-8-7-14(15)22-17(23)11-1-6-16(19)21-9-11;18-16-6-1-11(9-21-16)17-22-14-7-8-20-10-15(14)23(17)13-4-2-12(19)3-5-13/h2*1-10H. The number of nitrogens with zero attached hydrogens (tertiary/aromatic N) is 8. The molecule has 224 valence electrons. The second kappa shape index (κ2) is 12.6. The second-order valence-corrected chi connectivity index (χ2v) is 11.2. The molecule has 6 heterocycles. The molecule has 0 saturated carbocycles. The van der Waals surface area contributed by atoms with E-state index in [-0.39, 0.29) is 5.82 Å². The summed E-state index contributed by atoms with van der Waals surface area (Å²) < 4.78 is 17.2. The van der Waals surface area contributed by atoms with Gasteiger partial charge in [0.2, 0.25) is 0 Å². The molecule has 0 N–H and O–H groups in total. The summed E-state index contributed by atoms with van der Waals surface area (Å²) in [5, 5.41) is 1.55. The lowest BCUT2D eigenvalue weighted by atomic mass is 10.2. The van der Waals surface area contributed by atoms with E-state index in [1.54, 1.807) is 61.4 Å². The fraction of sp³-hybridized carbons (Fsp3) is 0. The zero-order chi connectivity index (χ0) is 31.6. The Morgan fingerprint density at radius 1 is 0.500 bits per heavy atom. The van der Waals surface area contributed by atoms with Crippen LogP contribution in [0.15, 0.2) is 122 Å². The number of aromatic nitrogens is 8. The summed E-state index contributed by atoms with van der Waals surface area (Å²) >= 11 is 17.8. The van der Waals surface area contributed by atoms with E-state index in [0.29, 0.717) is 21.2 Å². The van der Waals surface area contributed by atoms with Crippen molar-refractivity contribution in [3.05, 3.63) is 143 Å². The molecule has 0 spiro atoms. The van der Waals surface area contributed by atoms with Gasteiger partial charge < -0.3 is 0 Å². The number of pyridine rings is 4. The summed E-state index contributed by atoms with van der Waals surface area (Å²) in [4.78, 5) is 26.0. The number of hydrogen-bond acceptors (Lipinski definition) is 6. The Morgan fingerprint density at radius 3 is 1.39 bits per heavy atom. The zero-order valence-electron chi connectivity index (χ0n) is 23.6. The van der Waals surface area contributed by atoms with Crippen molar-refractivity contribution in [2.45, 2.75) is 0 Å². The van der Waals surface area contributed by atoms with Crippen molar-refractivity contribution in [2.24, 2.45) is 0 Å². The number of benzene rings is 2. The van der Waals surface area contributed by atoms with Gasteiger partial charge in [0, 0.05) is 52.3 Å². The van der Waals surface area contributed by atoms with Crippen LogP contribution in [0.25, 0.3) is 56.2 Å². The monoisotopic (exact) mass is 664 g/mol. The van der Waals surface area contributed by atoms with Crippen molar-refractivity contribution in [1.29, 1.82) is 0 Å². The predicted octanol–water partition coefficient (Wildman–Crippen LogP) is 9.06. The summed E-state index contributed by atoms with van der Waals surface area (Å²) in [6, 6.07) is 24.8. The molecule has 8 aromatic rings. The van der Waals surface area contributed by atoms with Crippen molar-refractivity contribution in [2.75, 3.05) is 0 Å². The largest absolute Gasteiger partial charge is 0.291 e. The zero-order valence-corrected chi connectivity index (χ0v) is 25.9. The lowest BCUT2D eigenvalue weighted by molar-refractivity contribution is 0.627. The van der Waals surface area contributed by atoms with Gasteiger partial charge in [-0.3, -0.25) is 19.1 Å². The number of imidazole rings is 2. The molecular weight excluding hydrogens is 646 g/mol. The first-order valence-corrected chi connectivity index (χ1v) is 15.0. The second-order valence-electron chi connectivity index (χ2n) is 9.96. The van der Waals surface area contributed by atoms with Crippen molar-refractivity contribution >= 4 is 56.9 Å². The first-order chi connectivity index (χ1) is 22.4. The van der Waals surface area contributed by atoms with E-state index in [1.807, 2.05) is 57.7 Å². The first kappa shape index (κ1) is 29.5. The van der Waals surface area contributed by atoms with Crippen LogP contribution < -0.4 is 0 Å². The fourth-order valence-electron chi connectivity index (χ4n) is 4.95.